The van der Waals surface area contributed by atoms with Gasteiger partial charge in [-0.15, -0.1) is 0 Å². The predicted octanol–water partition coefficient (Wildman–Crippen LogP) is 1.19. The van der Waals surface area contributed by atoms with E-state index in [4.69, 9.17) is 0 Å². The number of carbonyl (C=O) groups is 1. The zero-order chi connectivity index (χ0) is 13.5. The van der Waals surface area contributed by atoms with Gasteiger partial charge in [0.1, 0.15) is 4.90 Å². The van der Waals surface area contributed by atoms with Crippen molar-refractivity contribution >= 4 is 21.5 Å². The lowest BCUT2D eigenvalue weighted by Crippen LogP contribution is -2.37. The number of nitrogens with zero attached hydrogens (tertiary/aromatic N) is 2. The summed E-state index contributed by atoms with van der Waals surface area (Å²) in [7, 11) is -3.67. The average molecular weight is 277 g/mol. The number of benzene rings is 1. The molecule has 0 unspecified atom stereocenters. The fraction of sp³-hybridized carbons (Fsp3) is 0.167. The summed E-state index contributed by atoms with van der Waals surface area (Å²) in [4.78, 5) is 11.9. The zero-order valence-electron chi connectivity index (χ0n) is 9.91. The molecule has 0 amide bonds. The van der Waals surface area contributed by atoms with Gasteiger partial charge >= 0.3 is 0 Å². The molecular weight excluding hydrogens is 266 g/mol. The summed E-state index contributed by atoms with van der Waals surface area (Å²) in [6.07, 6.45) is 2.77. The number of aromatic amines is 1. The number of sulfonamides is 1. The van der Waals surface area contributed by atoms with Crippen LogP contribution in [0.4, 0.5) is 5.69 Å². The molecule has 7 heteroatoms. The normalized spacial score (nSPS) is 15.4. The molecule has 0 bridgehead atoms. The highest BCUT2D eigenvalue weighted by Gasteiger charge is 2.32. The number of nitrogens with one attached hydrogen (secondary N) is 1. The van der Waals surface area contributed by atoms with Crippen LogP contribution in [0.3, 0.4) is 0 Å². The minimum atomic E-state index is -3.67. The summed E-state index contributed by atoms with van der Waals surface area (Å²) in [5.74, 6) is -0.0331. The van der Waals surface area contributed by atoms with Crippen LogP contribution in [0.25, 0.3) is 0 Å². The molecule has 3 rings (SSSR count). The van der Waals surface area contributed by atoms with E-state index in [1.54, 1.807) is 24.3 Å². The summed E-state index contributed by atoms with van der Waals surface area (Å²) in [5.41, 5.74) is 0.876. The van der Waals surface area contributed by atoms with Crippen LogP contribution in [0.1, 0.15) is 16.8 Å². The maximum absolute atomic E-state index is 12.5. The minimum Gasteiger partial charge on any atom is -0.294 e. The number of carbonyl (C=O) groups excluding carboxylic acids is 1. The quantitative estimate of drug-likeness (QED) is 0.893. The fourth-order valence-electron chi connectivity index (χ4n) is 2.14. The van der Waals surface area contributed by atoms with Crippen molar-refractivity contribution in [2.75, 3.05) is 10.8 Å². The molecule has 0 radical (unpaired) electrons. The standard InChI is InChI=1S/C12H11N3O3S/c16-12-5-6-15(11-4-2-1-3-10(11)12)19(17,18)9-7-13-14-8-9/h1-4,7-8H,5-6H2,(H,13,14). The molecule has 1 N–H and O–H groups in total. The third kappa shape index (κ3) is 1.82. The van der Waals surface area contributed by atoms with Crippen molar-refractivity contribution in [1.82, 2.24) is 10.2 Å². The lowest BCUT2D eigenvalue weighted by atomic mass is 10.0. The van der Waals surface area contributed by atoms with Crippen LogP contribution in [0.2, 0.25) is 0 Å². The number of H-pyrrole nitrogens is 1. The Hall–Kier alpha value is -2.15. The summed E-state index contributed by atoms with van der Waals surface area (Å²) >= 11 is 0. The van der Waals surface area contributed by atoms with Gasteiger partial charge in [0.25, 0.3) is 10.0 Å². The van der Waals surface area contributed by atoms with Gasteiger partial charge in [0.05, 0.1) is 11.9 Å². The first-order valence-electron chi connectivity index (χ1n) is 5.74. The molecule has 0 saturated heterocycles. The molecule has 1 aromatic carbocycles. The van der Waals surface area contributed by atoms with Gasteiger partial charge in [-0.25, -0.2) is 8.42 Å². The first-order valence-corrected chi connectivity index (χ1v) is 7.18. The van der Waals surface area contributed by atoms with Gasteiger partial charge in [0.2, 0.25) is 0 Å². The van der Waals surface area contributed by atoms with Crippen molar-refractivity contribution in [3.05, 3.63) is 42.2 Å². The number of rotatable bonds is 2. The lowest BCUT2D eigenvalue weighted by molar-refractivity contribution is 0.0982. The summed E-state index contributed by atoms with van der Waals surface area (Å²) in [5, 5.41) is 6.14. The van der Waals surface area contributed by atoms with E-state index in [-0.39, 0.29) is 23.6 Å². The second-order valence-electron chi connectivity index (χ2n) is 4.20. The molecule has 19 heavy (non-hydrogen) atoms. The highest BCUT2D eigenvalue weighted by atomic mass is 32.2. The molecule has 0 spiro atoms. The van der Waals surface area contributed by atoms with Crippen molar-refractivity contribution in [2.45, 2.75) is 11.3 Å². The van der Waals surface area contributed by atoms with Crippen LogP contribution < -0.4 is 4.31 Å². The molecule has 2 aromatic rings. The van der Waals surface area contributed by atoms with E-state index in [1.165, 1.54) is 16.7 Å². The van der Waals surface area contributed by atoms with Gasteiger partial charge in [-0.2, -0.15) is 5.10 Å². The van der Waals surface area contributed by atoms with Crippen molar-refractivity contribution in [3.63, 3.8) is 0 Å². The monoisotopic (exact) mass is 277 g/mol. The highest BCUT2D eigenvalue weighted by molar-refractivity contribution is 7.92. The van der Waals surface area contributed by atoms with Crippen molar-refractivity contribution in [3.8, 4) is 0 Å². The van der Waals surface area contributed by atoms with E-state index in [0.29, 0.717) is 11.3 Å². The number of anilines is 1. The number of aromatic nitrogens is 2. The molecule has 1 aliphatic heterocycles. The highest BCUT2D eigenvalue weighted by Crippen LogP contribution is 2.31. The Balaban J connectivity index is 2.14. The topological polar surface area (TPSA) is 83.1 Å². The Kier molecular flexibility index (Phi) is 2.63. The molecule has 1 aliphatic rings. The van der Waals surface area contributed by atoms with Crippen molar-refractivity contribution in [2.24, 2.45) is 0 Å². The average Bonchev–Trinajstić information content (AvgIpc) is 2.94. The van der Waals surface area contributed by atoms with E-state index < -0.39 is 10.0 Å². The van der Waals surface area contributed by atoms with E-state index in [1.807, 2.05) is 0 Å². The number of para-hydroxylation sites is 1. The predicted molar refractivity (Wildman–Crippen MR) is 68.5 cm³/mol. The molecule has 6 nitrogen and oxygen atoms in total. The molecule has 98 valence electrons. The Bertz CT molecular complexity index is 722. The smallest absolute Gasteiger partial charge is 0.267 e. The fourth-order valence-corrected chi connectivity index (χ4v) is 3.53. The molecular formula is C12H11N3O3S. The van der Waals surface area contributed by atoms with Crippen LogP contribution in [-0.4, -0.2) is 30.9 Å². The molecule has 0 saturated carbocycles. The van der Waals surface area contributed by atoms with Gasteiger partial charge < -0.3 is 0 Å². The molecule has 0 fully saturated rings. The third-order valence-corrected chi connectivity index (χ3v) is 4.85. The van der Waals surface area contributed by atoms with Gasteiger partial charge in [0, 0.05) is 24.7 Å². The van der Waals surface area contributed by atoms with Gasteiger partial charge in [0.15, 0.2) is 5.78 Å². The van der Waals surface area contributed by atoms with E-state index in [0.717, 1.165) is 0 Å². The number of hydrogen-bond donors (Lipinski definition) is 1. The Morgan fingerprint density at radius 2 is 2.05 bits per heavy atom. The van der Waals surface area contributed by atoms with Crippen LogP contribution in [-0.2, 0) is 10.0 Å². The van der Waals surface area contributed by atoms with Crippen LogP contribution in [0.5, 0.6) is 0 Å². The summed E-state index contributed by atoms with van der Waals surface area (Å²) < 4.78 is 26.2. The van der Waals surface area contributed by atoms with Crippen LogP contribution in [0, 0.1) is 0 Å². The summed E-state index contributed by atoms with van der Waals surface area (Å²) in [6, 6.07) is 6.73. The largest absolute Gasteiger partial charge is 0.294 e. The second-order valence-corrected chi connectivity index (χ2v) is 6.06. The van der Waals surface area contributed by atoms with Gasteiger partial charge in [-0.1, -0.05) is 12.1 Å². The van der Waals surface area contributed by atoms with Crippen molar-refractivity contribution < 1.29 is 13.2 Å². The van der Waals surface area contributed by atoms with Crippen LogP contribution >= 0.6 is 0 Å². The molecule has 0 atom stereocenters. The van der Waals surface area contributed by atoms with Gasteiger partial charge in [-0.3, -0.25) is 14.2 Å². The second kappa shape index (κ2) is 4.20. The Morgan fingerprint density at radius 3 is 2.79 bits per heavy atom. The number of Topliss-reactive ketones (excluding diaryl/α,β-unsaturated/α-hetero) is 1. The van der Waals surface area contributed by atoms with Gasteiger partial charge in [-0.05, 0) is 12.1 Å². The van der Waals surface area contributed by atoms with Crippen LogP contribution in [0.15, 0.2) is 41.6 Å². The molecule has 1 aromatic heterocycles. The lowest BCUT2D eigenvalue weighted by Gasteiger charge is -2.29. The maximum Gasteiger partial charge on any atom is 0.267 e. The van der Waals surface area contributed by atoms with E-state index >= 15 is 0 Å². The first kappa shape index (κ1) is 11.9. The number of hydrogen-bond acceptors (Lipinski definition) is 4. The zero-order valence-corrected chi connectivity index (χ0v) is 10.7. The Labute approximate surface area is 110 Å². The number of fused-ring (bicyclic) bond motifs is 1. The summed E-state index contributed by atoms with van der Waals surface area (Å²) in [6.45, 7) is 0.156. The third-order valence-electron chi connectivity index (χ3n) is 3.08. The SMILES string of the molecule is O=C1CCN(S(=O)(=O)c2cn[nH]c2)c2ccccc21. The van der Waals surface area contributed by atoms with E-state index in [9.17, 15) is 13.2 Å². The van der Waals surface area contributed by atoms with E-state index in [2.05, 4.69) is 10.2 Å². The minimum absolute atomic E-state index is 0.0331. The molecule has 2 heterocycles. The molecule has 0 aliphatic carbocycles. The Morgan fingerprint density at radius 1 is 1.26 bits per heavy atom. The number of ketones is 1. The maximum atomic E-state index is 12.5. The van der Waals surface area contributed by atoms with Crippen molar-refractivity contribution in [1.29, 1.82) is 0 Å². The first-order chi connectivity index (χ1) is 9.10.